The highest BCUT2D eigenvalue weighted by Gasteiger charge is 2.26. The molecule has 8 rings (SSSR count). The second-order valence-corrected chi connectivity index (χ2v) is 16.0. The van der Waals surface area contributed by atoms with Crippen molar-refractivity contribution in [1.82, 2.24) is 39.7 Å². The molecule has 4 aromatic heterocycles. The molecule has 2 aliphatic heterocycles. The minimum absolute atomic E-state index is 0.0891. The SMILES string of the molecule is CC(C)(C)OC(=O)N1C=CC(c2cc(Oc3ccc4[nH]ccc4c3)ncn2)CC1.CC(C)(C)OC(=O)N1CC=C(c2cc(Oc3ccc4[nH]ccc4c3)ncn2)CC1. The molecule has 0 radical (unpaired) electrons. The predicted molar refractivity (Wildman–Crippen MR) is 221 cm³/mol. The van der Waals surface area contributed by atoms with E-state index >= 15 is 0 Å². The lowest BCUT2D eigenvalue weighted by molar-refractivity contribution is 0.0268. The Morgan fingerprint density at radius 3 is 1.88 bits per heavy atom. The molecule has 0 fully saturated rings. The molecule has 0 saturated carbocycles. The summed E-state index contributed by atoms with van der Waals surface area (Å²) in [4.78, 5) is 51.2. The Kier molecular flexibility index (Phi) is 11.5. The van der Waals surface area contributed by atoms with Crippen molar-refractivity contribution in [2.75, 3.05) is 19.6 Å². The Balaban J connectivity index is 0.000000177. The van der Waals surface area contributed by atoms with Gasteiger partial charge in [0.25, 0.3) is 0 Å². The normalized spacial score (nSPS) is 15.7. The lowest BCUT2D eigenvalue weighted by Gasteiger charge is -2.29. The van der Waals surface area contributed by atoms with Crippen LogP contribution in [0.25, 0.3) is 27.4 Å². The highest BCUT2D eigenvalue weighted by atomic mass is 16.6. The summed E-state index contributed by atoms with van der Waals surface area (Å²) in [6.07, 6.45) is 13.4. The number of aromatic amines is 2. The van der Waals surface area contributed by atoms with Crippen molar-refractivity contribution in [3.63, 3.8) is 0 Å². The number of benzene rings is 2. The number of nitrogens with zero attached hydrogens (tertiary/aromatic N) is 6. The summed E-state index contributed by atoms with van der Waals surface area (Å²) >= 11 is 0. The summed E-state index contributed by atoms with van der Waals surface area (Å²) in [5.41, 5.74) is 3.84. The van der Waals surface area contributed by atoms with E-state index in [4.69, 9.17) is 18.9 Å². The monoisotopic (exact) mass is 784 g/mol. The van der Waals surface area contributed by atoms with Crippen LogP contribution in [0.3, 0.4) is 0 Å². The second-order valence-electron chi connectivity index (χ2n) is 16.0. The van der Waals surface area contributed by atoms with Crippen LogP contribution in [-0.2, 0) is 9.47 Å². The highest BCUT2D eigenvalue weighted by molar-refractivity contribution is 5.81. The number of carbonyl (C=O) groups is 2. The van der Waals surface area contributed by atoms with Crippen molar-refractivity contribution >= 4 is 39.6 Å². The Bertz CT molecular complexity index is 2460. The maximum absolute atomic E-state index is 12.2. The van der Waals surface area contributed by atoms with Gasteiger partial charge >= 0.3 is 12.2 Å². The molecule has 0 aliphatic carbocycles. The minimum Gasteiger partial charge on any atom is -0.444 e. The number of ether oxygens (including phenoxy) is 4. The van der Waals surface area contributed by atoms with Crippen molar-refractivity contribution in [1.29, 1.82) is 0 Å². The van der Waals surface area contributed by atoms with E-state index in [0.29, 0.717) is 37.8 Å². The van der Waals surface area contributed by atoms with E-state index in [-0.39, 0.29) is 18.1 Å². The van der Waals surface area contributed by atoms with Gasteiger partial charge in [-0.25, -0.2) is 29.5 Å². The molecule has 1 atom stereocenters. The molecule has 14 heteroatoms. The first-order chi connectivity index (χ1) is 27.7. The van der Waals surface area contributed by atoms with Crippen molar-refractivity contribution in [2.24, 2.45) is 0 Å². The van der Waals surface area contributed by atoms with Gasteiger partial charge in [-0.1, -0.05) is 12.2 Å². The van der Waals surface area contributed by atoms with Crippen LogP contribution < -0.4 is 9.47 Å². The predicted octanol–water partition coefficient (Wildman–Crippen LogP) is 9.76. The van der Waals surface area contributed by atoms with Gasteiger partial charge in [-0.3, -0.25) is 4.90 Å². The van der Waals surface area contributed by atoms with Crippen LogP contribution in [0.4, 0.5) is 9.59 Å². The Morgan fingerprint density at radius 1 is 0.707 bits per heavy atom. The van der Waals surface area contributed by atoms with Crippen LogP contribution in [0.5, 0.6) is 23.3 Å². The molecule has 0 bridgehead atoms. The number of allylic oxidation sites excluding steroid dienone is 1. The number of amides is 2. The van der Waals surface area contributed by atoms with Crippen LogP contribution in [0.1, 0.15) is 71.7 Å². The average Bonchev–Trinajstić information content (AvgIpc) is 3.87. The van der Waals surface area contributed by atoms with Crippen LogP contribution in [0.2, 0.25) is 0 Å². The van der Waals surface area contributed by atoms with Crippen LogP contribution in [-0.4, -0.2) is 82.7 Å². The van der Waals surface area contributed by atoms with Crippen molar-refractivity contribution in [2.45, 2.75) is 71.5 Å². The molecular formula is C44H48N8O6. The van der Waals surface area contributed by atoms with E-state index in [1.54, 1.807) is 16.0 Å². The molecule has 2 aliphatic rings. The van der Waals surface area contributed by atoms with Crippen LogP contribution in [0, 0.1) is 0 Å². The topological polar surface area (TPSA) is 161 Å². The molecular weight excluding hydrogens is 737 g/mol. The third kappa shape index (κ3) is 10.4. The summed E-state index contributed by atoms with van der Waals surface area (Å²) in [5, 5.41) is 2.16. The number of hydrogen-bond acceptors (Lipinski definition) is 10. The number of carbonyl (C=O) groups excluding carboxylic acids is 2. The number of rotatable bonds is 6. The number of fused-ring (bicyclic) bond motifs is 2. The van der Waals surface area contributed by atoms with Crippen molar-refractivity contribution in [3.8, 4) is 23.3 Å². The molecule has 2 aromatic carbocycles. The number of hydrogen-bond donors (Lipinski definition) is 2. The van der Waals surface area contributed by atoms with E-state index in [0.717, 1.165) is 56.7 Å². The summed E-state index contributed by atoms with van der Waals surface area (Å²) in [6, 6.07) is 19.4. The van der Waals surface area contributed by atoms with E-state index < -0.39 is 11.2 Å². The fourth-order valence-corrected chi connectivity index (χ4v) is 6.38. The number of aromatic nitrogens is 6. The summed E-state index contributed by atoms with van der Waals surface area (Å²) in [6.45, 7) is 12.8. The molecule has 14 nitrogen and oxygen atoms in total. The molecule has 300 valence electrons. The summed E-state index contributed by atoms with van der Waals surface area (Å²) < 4.78 is 22.7. The van der Waals surface area contributed by atoms with Gasteiger partial charge in [0.2, 0.25) is 11.8 Å². The average molecular weight is 785 g/mol. The minimum atomic E-state index is -0.510. The van der Waals surface area contributed by atoms with Gasteiger partial charge in [0, 0.05) is 78.1 Å². The standard InChI is InChI=1S/2C22H24N4O3/c2*1-22(2,3)29-21(27)26-10-7-15(8-11-26)19-13-20(25-14-24-19)28-17-4-5-18-16(12-17)6-9-23-18/h4-7,9,12-14,23H,8,10-11H2,1-3H3;4-7,9-10,12-15,23H,8,11H2,1-3H3. The first kappa shape index (κ1) is 39.5. The van der Waals surface area contributed by atoms with E-state index in [2.05, 4.69) is 29.9 Å². The molecule has 2 amide bonds. The van der Waals surface area contributed by atoms with Crippen molar-refractivity contribution < 1.29 is 28.5 Å². The molecule has 58 heavy (non-hydrogen) atoms. The zero-order valence-electron chi connectivity index (χ0n) is 33.6. The highest BCUT2D eigenvalue weighted by Crippen LogP contribution is 2.30. The zero-order chi connectivity index (χ0) is 40.9. The quantitative estimate of drug-likeness (QED) is 0.166. The Morgan fingerprint density at radius 2 is 1.31 bits per heavy atom. The summed E-state index contributed by atoms with van der Waals surface area (Å²) in [5.74, 6) is 2.51. The fourth-order valence-electron chi connectivity index (χ4n) is 6.38. The zero-order valence-corrected chi connectivity index (χ0v) is 33.6. The van der Waals surface area contributed by atoms with E-state index in [1.807, 2.05) is 127 Å². The van der Waals surface area contributed by atoms with Gasteiger partial charge in [0.1, 0.15) is 35.4 Å². The van der Waals surface area contributed by atoms with Crippen LogP contribution >= 0.6 is 0 Å². The number of H-pyrrole nitrogens is 2. The van der Waals surface area contributed by atoms with Crippen LogP contribution in [0.15, 0.2) is 104 Å². The van der Waals surface area contributed by atoms with Gasteiger partial charge < -0.3 is 33.8 Å². The van der Waals surface area contributed by atoms with Gasteiger partial charge in [0.05, 0.1) is 11.4 Å². The largest absolute Gasteiger partial charge is 0.444 e. The Hall–Kier alpha value is -6.70. The fraction of sp³-hybridized carbons (Fsp3) is 0.318. The lowest BCUT2D eigenvalue weighted by Crippen LogP contribution is -2.39. The molecule has 6 aromatic rings. The molecule has 6 heterocycles. The first-order valence-corrected chi connectivity index (χ1v) is 19.2. The Labute approximate surface area is 336 Å². The van der Waals surface area contributed by atoms with Gasteiger partial charge in [-0.05, 0) is 108 Å². The maximum atomic E-state index is 12.2. The van der Waals surface area contributed by atoms with Crippen molar-refractivity contribution in [3.05, 3.63) is 115 Å². The summed E-state index contributed by atoms with van der Waals surface area (Å²) in [7, 11) is 0. The number of nitrogens with one attached hydrogen (secondary N) is 2. The van der Waals surface area contributed by atoms with E-state index in [1.165, 1.54) is 12.7 Å². The molecule has 0 spiro atoms. The van der Waals surface area contributed by atoms with E-state index in [9.17, 15) is 9.59 Å². The third-order valence-corrected chi connectivity index (χ3v) is 9.18. The van der Waals surface area contributed by atoms with Gasteiger partial charge in [-0.2, -0.15) is 0 Å². The van der Waals surface area contributed by atoms with Gasteiger partial charge in [-0.15, -0.1) is 0 Å². The third-order valence-electron chi connectivity index (χ3n) is 9.18. The maximum Gasteiger partial charge on any atom is 0.414 e. The lowest BCUT2D eigenvalue weighted by atomic mass is 9.98. The first-order valence-electron chi connectivity index (χ1n) is 19.2. The van der Waals surface area contributed by atoms with Gasteiger partial charge in [0.15, 0.2) is 0 Å². The molecule has 1 unspecified atom stereocenters. The second kappa shape index (κ2) is 16.8. The smallest absolute Gasteiger partial charge is 0.414 e. The molecule has 2 N–H and O–H groups in total. The molecule has 0 saturated heterocycles.